The number of carbonyl (C=O) groups excluding carboxylic acids is 1. The van der Waals surface area contributed by atoms with Crippen molar-refractivity contribution in [1.82, 2.24) is 16.0 Å². The number of carbonyl (C=O) groups is 1. The average Bonchev–Trinajstić information content (AvgIpc) is 2.49. The standard InChI is InChI=1S/C16H30N4O3/c1-16(2,3)23-15(21)20-10-9-19-14(17-4)18-8-5-13-6-11-22-12-7-13/h6H,5,7-12H2,1-4H3,(H,20,21)(H2,17,18,19). The summed E-state index contributed by atoms with van der Waals surface area (Å²) in [7, 11) is 1.73. The third kappa shape index (κ3) is 9.78. The van der Waals surface area contributed by atoms with Gasteiger partial charge in [-0.05, 0) is 33.6 Å². The van der Waals surface area contributed by atoms with E-state index in [9.17, 15) is 4.79 Å². The van der Waals surface area contributed by atoms with Gasteiger partial charge < -0.3 is 25.4 Å². The van der Waals surface area contributed by atoms with Crippen molar-refractivity contribution in [3.63, 3.8) is 0 Å². The molecule has 7 nitrogen and oxygen atoms in total. The van der Waals surface area contributed by atoms with Crippen LogP contribution in [0.2, 0.25) is 0 Å². The molecule has 1 amide bonds. The van der Waals surface area contributed by atoms with E-state index in [-0.39, 0.29) is 0 Å². The molecule has 3 N–H and O–H groups in total. The quantitative estimate of drug-likeness (QED) is 0.297. The molecule has 0 aromatic rings. The highest BCUT2D eigenvalue weighted by atomic mass is 16.6. The van der Waals surface area contributed by atoms with Gasteiger partial charge in [0.2, 0.25) is 0 Å². The molecule has 23 heavy (non-hydrogen) atoms. The molecular formula is C16H30N4O3. The average molecular weight is 326 g/mol. The maximum absolute atomic E-state index is 11.5. The van der Waals surface area contributed by atoms with Gasteiger partial charge in [-0.1, -0.05) is 11.6 Å². The molecule has 0 spiro atoms. The van der Waals surface area contributed by atoms with E-state index in [1.165, 1.54) is 5.57 Å². The molecule has 0 aliphatic carbocycles. The number of hydrogen-bond donors (Lipinski definition) is 3. The van der Waals surface area contributed by atoms with Gasteiger partial charge in [0.25, 0.3) is 0 Å². The number of nitrogens with zero attached hydrogens (tertiary/aromatic N) is 1. The molecule has 0 aromatic carbocycles. The molecule has 0 radical (unpaired) electrons. The minimum atomic E-state index is -0.478. The van der Waals surface area contributed by atoms with Gasteiger partial charge in [-0.15, -0.1) is 0 Å². The fourth-order valence-corrected chi connectivity index (χ4v) is 2.01. The molecule has 0 aromatic heterocycles. The zero-order chi connectivity index (χ0) is 17.1. The minimum Gasteiger partial charge on any atom is -0.444 e. The Hall–Kier alpha value is -1.76. The molecule has 1 aliphatic rings. The van der Waals surface area contributed by atoms with E-state index in [1.807, 2.05) is 20.8 Å². The van der Waals surface area contributed by atoms with Gasteiger partial charge in [-0.2, -0.15) is 0 Å². The fourth-order valence-electron chi connectivity index (χ4n) is 2.01. The first-order valence-corrected chi connectivity index (χ1v) is 8.08. The van der Waals surface area contributed by atoms with E-state index in [1.54, 1.807) is 7.05 Å². The molecule has 1 aliphatic heterocycles. The normalized spacial score (nSPS) is 15.7. The van der Waals surface area contributed by atoms with Crippen LogP contribution in [0.1, 0.15) is 33.6 Å². The van der Waals surface area contributed by atoms with Crippen LogP contribution < -0.4 is 16.0 Å². The summed E-state index contributed by atoms with van der Waals surface area (Å²) < 4.78 is 10.4. The predicted octanol–water partition coefficient (Wildman–Crippen LogP) is 1.41. The second-order valence-electron chi connectivity index (χ2n) is 6.29. The van der Waals surface area contributed by atoms with E-state index in [0.717, 1.165) is 38.6 Å². The van der Waals surface area contributed by atoms with Crippen LogP contribution in [0, 0.1) is 0 Å². The largest absolute Gasteiger partial charge is 0.444 e. The molecule has 1 heterocycles. The van der Waals surface area contributed by atoms with Crippen LogP contribution in [0.4, 0.5) is 4.79 Å². The molecule has 0 saturated carbocycles. The van der Waals surface area contributed by atoms with Gasteiger partial charge in [0, 0.05) is 26.7 Å². The summed E-state index contributed by atoms with van der Waals surface area (Å²) in [4.78, 5) is 15.6. The summed E-state index contributed by atoms with van der Waals surface area (Å²) in [6.07, 6.45) is 3.73. The van der Waals surface area contributed by atoms with Gasteiger partial charge in [0.1, 0.15) is 5.60 Å². The van der Waals surface area contributed by atoms with Crippen LogP contribution >= 0.6 is 0 Å². The molecule has 7 heteroatoms. The number of guanidine groups is 1. The third-order valence-electron chi connectivity index (χ3n) is 3.11. The number of rotatable bonds is 6. The van der Waals surface area contributed by atoms with Crippen LogP contribution in [0.15, 0.2) is 16.6 Å². The zero-order valence-corrected chi connectivity index (χ0v) is 14.7. The van der Waals surface area contributed by atoms with Gasteiger partial charge in [0.05, 0.1) is 13.2 Å². The Balaban J connectivity index is 2.12. The molecule has 0 saturated heterocycles. The van der Waals surface area contributed by atoms with Crippen molar-refractivity contribution in [2.75, 3.05) is 39.9 Å². The van der Waals surface area contributed by atoms with E-state index in [0.29, 0.717) is 13.1 Å². The Morgan fingerprint density at radius 3 is 2.57 bits per heavy atom. The summed E-state index contributed by atoms with van der Waals surface area (Å²) in [6.45, 7) is 8.92. The highest BCUT2D eigenvalue weighted by molar-refractivity contribution is 5.79. The summed E-state index contributed by atoms with van der Waals surface area (Å²) in [5.74, 6) is 0.726. The number of alkyl carbamates (subject to hydrolysis) is 1. The molecular weight excluding hydrogens is 296 g/mol. The van der Waals surface area contributed by atoms with Gasteiger partial charge >= 0.3 is 6.09 Å². The first-order valence-electron chi connectivity index (χ1n) is 8.08. The lowest BCUT2D eigenvalue weighted by Crippen LogP contribution is -2.42. The lowest BCUT2D eigenvalue weighted by Gasteiger charge is -2.20. The molecule has 132 valence electrons. The van der Waals surface area contributed by atoms with E-state index in [4.69, 9.17) is 9.47 Å². The van der Waals surface area contributed by atoms with E-state index >= 15 is 0 Å². The fraction of sp³-hybridized carbons (Fsp3) is 0.750. The zero-order valence-electron chi connectivity index (χ0n) is 14.7. The lowest BCUT2D eigenvalue weighted by molar-refractivity contribution is 0.0529. The summed E-state index contributed by atoms with van der Waals surface area (Å²) in [6, 6.07) is 0. The van der Waals surface area contributed by atoms with Crippen LogP contribution in [0.5, 0.6) is 0 Å². The second kappa shape index (κ2) is 10.1. The maximum atomic E-state index is 11.5. The highest BCUT2D eigenvalue weighted by Crippen LogP contribution is 2.10. The Morgan fingerprint density at radius 1 is 1.26 bits per heavy atom. The van der Waals surface area contributed by atoms with Crippen LogP contribution in [0.25, 0.3) is 0 Å². The number of hydrogen-bond acceptors (Lipinski definition) is 4. The molecule has 1 rings (SSSR count). The minimum absolute atomic E-state index is 0.409. The monoisotopic (exact) mass is 326 g/mol. The van der Waals surface area contributed by atoms with Crippen molar-refractivity contribution in [3.8, 4) is 0 Å². The topological polar surface area (TPSA) is 84.0 Å². The van der Waals surface area contributed by atoms with Gasteiger partial charge in [-0.25, -0.2) is 4.79 Å². The number of nitrogens with one attached hydrogen (secondary N) is 3. The van der Waals surface area contributed by atoms with Crippen LogP contribution in [0.3, 0.4) is 0 Å². The Bertz CT molecular complexity index is 428. The second-order valence-corrected chi connectivity index (χ2v) is 6.29. The Labute approximate surface area is 138 Å². The van der Waals surface area contributed by atoms with Crippen molar-refractivity contribution in [2.45, 2.75) is 39.2 Å². The number of amides is 1. The van der Waals surface area contributed by atoms with Crippen molar-refractivity contribution < 1.29 is 14.3 Å². The Kier molecular flexibility index (Phi) is 8.47. The van der Waals surface area contributed by atoms with Gasteiger partial charge in [-0.3, -0.25) is 4.99 Å². The van der Waals surface area contributed by atoms with E-state index < -0.39 is 11.7 Å². The molecule has 0 bridgehead atoms. The highest BCUT2D eigenvalue weighted by Gasteiger charge is 2.15. The van der Waals surface area contributed by atoms with Crippen LogP contribution in [-0.2, 0) is 9.47 Å². The van der Waals surface area contributed by atoms with Crippen molar-refractivity contribution in [3.05, 3.63) is 11.6 Å². The lowest BCUT2D eigenvalue weighted by atomic mass is 10.1. The summed E-state index contributed by atoms with van der Waals surface area (Å²) in [5, 5.41) is 9.10. The van der Waals surface area contributed by atoms with Crippen molar-refractivity contribution >= 4 is 12.1 Å². The van der Waals surface area contributed by atoms with Crippen molar-refractivity contribution in [1.29, 1.82) is 0 Å². The SMILES string of the molecule is CN=C(NCCNC(=O)OC(C)(C)C)NCCC1=CCOCC1. The smallest absolute Gasteiger partial charge is 0.407 e. The summed E-state index contributed by atoms with van der Waals surface area (Å²) in [5.41, 5.74) is 0.944. The first-order chi connectivity index (χ1) is 10.9. The molecule has 0 fully saturated rings. The molecule has 0 atom stereocenters. The predicted molar refractivity (Wildman–Crippen MR) is 91.7 cm³/mol. The Morgan fingerprint density at radius 2 is 1.96 bits per heavy atom. The first kappa shape index (κ1) is 19.3. The molecule has 0 unspecified atom stereocenters. The number of ether oxygens (including phenoxy) is 2. The van der Waals surface area contributed by atoms with Crippen LogP contribution in [-0.4, -0.2) is 57.5 Å². The maximum Gasteiger partial charge on any atom is 0.407 e. The summed E-state index contributed by atoms with van der Waals surface area (Å²) >= 11 is 0. The van der Waals surface area contributed by atoms with Gasteiger partial charge in [0.15, 0.2) is 5.96 Å². The van der Waals surface area contributed by atoms with E-state index in [2.05, 4.69) is 27.0 Å². The third-order valence-corrected chi connectivity index (χ3v) is 3.11. The number of aliphatic imine (C=N–C) groups is 1. The van der Waals surface area contributed by atoms with Crippen molar-refractivity contribution in [2.24, 2.45) is 4.99 Å².